The fourth-order valence-electron chi connectivity index (χ4n) is 0.759. The Bertz CT molecular complexity index is 171. The largest absolute Gasteiger partial charge is 0.550 e. The van der Waals surface area contributed by atoms with Crippen molar-refractivity contribution in [1.29, 1.82) is 0 Å². The molecule has 2 heteroatoms. The van der Waals surface area contributed by atoms with Gasteiger partial charge in [0.05, 0.1) is 0 Å². The molecule has 1 atom stereocenters. The summed E-state index contributed by atoms with van der Waals surface area (Å²) in [6.45, 7) is 5.20. The predicted octanol–water partition coefficient (Wildman–Crippen LogP) is 1.28. The summed E-state index contributed by atoms with van der Waals surface area (Å²) in [6.07, 6.45) is 8.31. The number of carbonyl (C=O) groups is 1. The second-order valence-electron chi connectivity index (χ2n) is 2.76. The molecule has 0 aliphatic rings. The van der Waals surface area contributed by atoms with Gasteiger partial charge in [0.2, 0.25) is 0 Å². The van der Waals surface area contributed by atoms with Gasteiger partial charge >= 0.3 is 0 Å². The van der Waals surface area contributed by atoms with E-state index in [0.717, 1.165) is 19.3 Å². The van der Waals surface area contributed by atoms with Crippen LogP contribution < -0.4 is 5.11 Å². The van der Waals surface area contributed by atoms with Gasteiger partial charge in [-0.3, -0.25) is 0 Å². The summed E-state index contributed by atoms with van der Waals surface area (Å²) in [5.41, 5.74) is 0. The van der Waals surface area contributed by atoms with E-state index in [9.17, 15) is 9.90 Å². The zero-order chi connectivity index (χ0) is 9.40. The van der Waals surface area contributed by atoms with Crippen LogP contribution in [0.25, 0.3) is 0 Å². The highest BCUT2D eigenvalue weighted by molar-refractivity contribution is 5.69. The summed E-state index contributed by atoms with van der Waals surface area (Å²) >= 11 is 0. The van der Waals surface area contributed by atoms with Crippen molar-refractivity contribution in [3.63, 3.8) is 0 Å². The highest BCUT2D eigenvalue weighted by Gasteiger charge is 1.94. The van der Waals surface area contributed by atoms with Crippen molar-refractivity contribution in [2.24, 2.45) is 5.92 Å². The lowest BCUT2D eigenvalue weighted by atomic mass is 10.1. The summed E-state index contributed by atoms with van der Waals surface area (Å²) < 4.78 is 0. The van der Waals surface area contributed by atoms with E-state index in [1.165, 1.54) is 0 Å². The molecule has 0 spiro atoms. The second kappa shape index (κ2) is 6.65. The third-order valence-corrected chi connectivity index (χ3v) is 1.58. The molecule has 2 nitrogen and oxygen atoms in total. The molecule has 0 saturated carbocycles. The number of unbranched alkanes of at least 4 members (excludes halogenated alkanes) is 2. The van der Waals surface area contributed by atoms with Gasteiger partial charge < -0.3 is 9.90 Å². The molecule has 0 saturated heterocycles. The number of hydrogen-bond acceptors (Lipinski definition) is 2. The molecule has 0 aromatic rings. The molecule has 0 radical (unpaired) electrons. The summed E-state index contributed by atoms with van der Waals surface area (Å²) in [7, 11) is 0. The molecular weight excluding hydrogens is 152 g/mol. The van der Waals surface area contributed by atoms with Gasteiger partial charge in [0.15, 0.2) is 0 Å². The van der Waals surface area contributed by atoms with Crippen molar-refractivity contribution < 1.29 is 9.90 Å². The van der Waals surface area contributed by atoms with E-state index >= 15 is 0 Å². The SMILES string of the molecule is C=CCCC/C=C/C(C)C(=O)[O-]. The third kappa shape index (κ3) is 5.71. The quantitative estimate of drug-likeness (QED) is 0.441. The van der Waals surface area contributed by atoms with E-state index in [2.05, 4.69) is 6.58 Å². The van der Waals surface area contributed by atoms with Gasteiger partial charge in [-0.2, -0.15) is 0 Å². The topological polar surface area (TPSA) is 40.1 Å². The molecule has 0 amide bonds. The maximum absolute atomic E-state index is 10.2. The smallest absolute Gasteiger partial charge is 0.0480 e. The molecule has 68 valence electrons. The van der Waals surface area contributed by atoms with E-state index in [4.69, 9.17) is 0 Å². The Kier molecular flexibility index (Phi) is 6.07. The van der Waals surface area contributed by atoms with E-state index < -0.39 is 11.9 Å². The third-order valence-electron chi connectivity index (χ3n) is 1.58. The number of carboxylic acid groups (broad SMARTS) is 1. The Balaban J connectivity index is 3.47. The molecule has 0 bridgehead atoms. The van der Waals surface area contributed by atoms with Gasteiger partial charge in [0, 0.05) is 11.9 Å². The first-order valence-corrected chi connectivity index (χ1v) is 4.17. The monoisotopic (exact) mass is 167 g/mol. The lowest BCUT2D eigenvalue weighted by Gasteiger charge is -2.05. The van der Waals surface area contributed by atoms with Gasteiger partial charge in [0.25, 0.3) is 0 Å². The number of carboxylic acids is 1. The van der Waals surface area contributed by atoms with Crippen LogP contribution in [-0.2, 0) is 4.79 Å². The number of rotatable bonds is 6. The highest BCUT2D eigenvalue weighted by Crippen LogP contribution is 2.00. The van der Waals surface area contributed by atoms with Gasteiger partial charge in [-0.1, -0.05) is 25.2 Å². The van der Waals surface area contributed by atoms with Crippen LogP contribution >= 0.6 is 0 Å². The van der Waals surface area contributed by atoms with Gasteiger partial charge in [-0.15, -0.1) is 6.58 Å². The van der Waals surface area contributed by atoms with E-state index in [0.29, 0.717) is 0 Å². The Morgan fingerprint density at radius 1 is 1.58 bits per heavy atom. The number of carbonyl (C=O) groups excluding carboxylic acids is 1. The Morgan fingerprint density at radius 2 is 2.25 bits per heavy atom. The van der Waals surface area contributed by atoms with Crippen molar-refractivity contribution in [3.8, 4) is 0 Å². The molecule has 1 unspecified atom stereocenters. The van der Waals surface area contributed by atoms with Crippen molar-refractivity contribution in [2.45, 2.75) is 26.2 Å². The summed E-state index contributed by atoms with van der Waals surface area (Å²) in [5, 5.41) is 10.2. The van der Waals surface area contributed by atoms with Crippen molar-refractivity contribution >= 4 is 5.97 Å². The standard InChI is InChI=1S/C10H16O2/c1-3-4-5-6-7-8-9(2)10(11)12/h3,7-9H,1,4-6H2,2H3,(H,11,12)/p-1/b8-7+. The van der Waals surface area contributed by atoms with E-state index in [1.54, 1.807) is 13.0 Å². The first-order valence-electron chi connectivity index (χ1n) is 4.17. The normalized spacial score (nSPS) is 13.1. The Morgan fingerprint density at radius 3 is 2.75 bits per heavy atom. The Labute approximate surface area is 73.6 Å². The fraction of sp³-hybridized carbons (Fsp3) is 0.500. The van der Waals surface area contributed by atoms with E-state index in [-0.39, 0.29) is 0 Å². The number of aliphatic carboxylic acids is 1. The number of allylic oxidation sites excluding steroid dienone is 2. The van der Waals surface area contributed by atoms with Crippen LogP contribution in [0.2, 0.25) is 0 Å². The summed E-state index contributed by atoms with van der Waals surface area (Å²) in [5.74, 6) is -1.50. The van der Waals surface area contributed by atoms with Crippen molar-refractivity contribution in [3.05, 3.63) is 24.8 Å². The first-order chi connectivity index (χ1) is 5.68. The molecule has 0 rings (SSSR count). The first kappa shape index (κ1) is 11.0. The average Bonchev–Trinajstić information content (AvgIpc) is 2.03. The molecule has 0 aliphatic carbocycles. The van der Waals surface area contributed by atoms with Crippen LogP contribution in [0.15, 0.2) is 24.8 Å². The summed E-state index contributed by atoms with van der Waals surface area (Å²) in [6, 6.07) is 0. The van der Waals surface area contributed by atoms with Crippen LogP contribution in [0.1, 0.15) is 26.2 Å². The average molecular weight is 167 g/mol. The van der Waals surface area contributed by atoms with Crippen LogP contribution in [0.4, 0.5) is 0 Å². The zero-order valence-electron chi connectivity index (χ0n) is 7.45. The highest BCUT2D eigenvalue weighted by atomic mass is 16.4. The van der Waals surface area contributed by atoms with Crippen molar-refractivity contribution in [1.82, 2.24) is 0 Å². The molecule has 0 heterocycles. The van der Waals surface area contributed by atoms with Crippen LogP contribution in [0.5, 0.6) is 0 Å². The minimum Gasteiger partial charge on any atom is -0.550 e. The maximum Gasteiger partial charge on any atom is 0.0480 e. The molecule has 0 N–H and O–H groups in total. The predicted molar refractivity (Wildman–Crippen MR) is 47.4 cm³/mol. The fourth-order valence-corrected chi connectivity index (χ4v) is 0.759. The van der Waals surface area contributed by atoms with Crippen LogP contribution in [-0.4, -0.2) is 5.97 Å². The Hall–Kier alpha value is -1.05. The van der Waals surface area contributed by atoms with Crippen LogP contribution in [0.3, 0.4) is 0 Å². The number of hydrogen-bond donors (Lipinski definition) is 0. The van der Waals surface area contributed by atoms with Gasteiger partial charge in [-0.25, -0.2) is 0 Å². The lowest BCUT2D eigenvalue weighted by molar-refractivity contribution is -0.309. The summed E-state index contributed by atoms with van der Waals surface area (Å²) in [4.78, 5) is 10.2. The molecule has 0 fully saturated rings. The van der Waals surface area contributed by atoms with Gasteiger partial charge in [0.1, 0.15) is 0 Å². The molecule has 0 aromatic heterocycles. The minimum atomic E-state index is -1.02. The molecule has 0 aromatic carbocycles. The molecule has 0 aliphatic heterocycles. The van der Waals surface area contributed by atoms with Crippen molar-refractivity contribution in [2.75, 3.05) is 0 Å². The van der Waals surface area contributed by atoms with E-state index in [1.807, 2.05) is 12.2 Å². The second-order valence-corrected chi connectivity index (χ2v) is 2.76. The molecular formula is C10H15O2-. The van der Waals surface area contributed by atoms with Gasteiger partial charge in [-0.05, 0) is 19.3 Å². The molecule has 12 heavy (non-hydrogen) atoms. The lowest BCUT2D eigenvalue weighted by Crippen LogP contribution is -2.28. The maximum atomic E-state index is 10.2. The minimum absolute atomic E-state index is 0.478. The van der Waals surface area contributed by atoms with Crippen LogP contribution in [0, 0.1) is 5.92 Å². The zero-order valence-corrected chi connectivity index (χ0v) is 7.45.